The molecule has 0 radical (unpaired) electrons. The van der Waals surface area contributed by atoms with Crippen LogP contribution in [0.1, 0.15) is 5.56 Å². The molecule has 0 saturated heterocycles. The molecule has 1 aromatic carbocycles. The van der Waals surface area contributed by atoms with E-state index >= 15 is 0 Å². The van der Waals surface area contributed by atoms with Gasteiger partial charge in [-0.05, 0) is 24.3 Å². The molecule has 0 saturated carbocycles. The third-order valence-corrected chi connectivity index (χ3v) is 2.94. The fourth-order valence-electron chi connectivity index (χ4n) is 1.65. The molecule has 0 aliphatic rings. The van der Waals surface area contributed by atoms with Gasteiger partial charge in [0.2, 0.25) is 0 Å². The number of hydrogen-bond donors (Lipinski definition) is 2. The van der Waals surface area contributed by atoms with E-state index in [2.05, 4.69) is 10.3 Å². The van der Waals surface area contributed by atoms with Crippen molar-refractivity contribution >= 4 is 23.1 Å². The lowest BCUT2D eigenvalue weighted by atomic mass is 10.2. The fraction of sp³-hybridized carbons (Fsp3) is 0.154. The SMILES string of the molecule is COc1cccc(Cl)c1CNc1cccnc1N. The smallest absolute Gasteiger partial charge is 0.146 e. The van der Waals surface area contributed by atoms with Crippen molar-refractivity contribution < 1.29 is 4.74 Å². The van der Waals surface area contributed by atoms with Crippen molar-refractivity contribution in [2.45, 2.75) is 6.54 Å². The van der Waals surface area contributed by atoms with Crippen molar-refractivity contribution in [1.82, 2.24) is 4.98 Å². The Kier molecular flexibility index (Phi) is 3.89. The molecular formula is C13H14ClN3O. The van der Waals surface area contributed by atoms with Gasteiger partial charge in [0, 0.05) is 23.3 Å². The van der Waals surface area contributed by atoms with E-state index in [0.717, 1.165) is 17.0 Å². The highest BCUT2D eigenvalue weighted by molar-refractivity contribution is 6.31. The van der Waals surface area contributed by atoms with Gasteiger partial charge in [0.1, 0.15) is 11.6 Å². The number of rotatable bonds is 4. The lowest BCUT2D eigenvalue weighted by Crippen LogP contribution is -2.05. The lowest BCUT2D eigenvalue weighted by molar-refractivity contribution is 0.410. The number of ether oxygens (including phenoxy) is 1. The molecule has 2 rings (SSSR count). The molecule has 5 heteroatoms. The molecule has 0 aliphatic carbocycles. The average molecular weight is 264 g/mol. The molecule has 1 aromatic heterocycles. The molecule has 0 unspecified atom stereocenters. The Morgan fingerprint density at radius 1 is 1.33 bits per heavy atom. The minimum atomic E-state index is 0.462. The predicted octanol–water partition coefficient (Wildman–Crippen LogP) is 2.94. The Labute approximate surface area is 111 Å². The summed E-state index contributed by atoms with van der Waals surface area (Å²) >= 11 is 6.15. The summed E-state index contributed by atoms with van der Waals surface area (Å²) in [6.45, 7) is 0.527. The monoisotopic (exact) mass is 263 g/mol. The van der Waals surface area contributed by atoms with E-state index in [-0.39, 0.29) is 0 Å². The summed E-state index contributed by atoms with van der Waals surface area (Å²) in [5.74, 6) is 1.21. The Hall–Kier alpha value is -1.94. The second-order valence-electron chi connectivity index (χ2n) is 3.71. The van der Waals surface area contributed by atoms with Crippen LogP contribution in [0.25, 0.3) is 0 Å². The van der Waals surface area contributed by atoms with E-state index in [9.17, 15) is 0 Å². The van der Waals surface area contributed by atoms with Crippen molar-refractivity contribution in [1.29, 1.82) is 0 Å². The molecule has 0 amide bonds. The Morgan fingerprint density at radius 2 is 2.17 bits per heavy atom. The summed E-state index contributed by atoms with van der Waals surface area (Å²) in [4.78, 5) is 4.01. The lowest BCUT2D eigenvalue weighted by Gasteiger charge is -2.12. The number of anilines is 2. The Morgan fingerprint density at radius 3 is 2.89 bits per heavy atom. The van der Waals surface area contributed by atoms with Gasteiger partial charge < -0.3 is 15.8 Å². The van der Waals surface area contributed by atoms with Gasteiger partial charge in [0.25, 0.3) is 0 Å². The zero-order chi connectivity index (χ0) is 13.0. The first-order valence-corrected chi connectivity index (χ1v) is 5.86. The number of methoxy groups -OCH3 is 1. The first kappa shape index (κ1) is 12.5. The van der Waals surface area contributed by atoms with Crippen LogP contribution in [0.4, 0.5) is 11.5 Å². The van der Waals surface area contributed by atoms with Crippen LogP contribution in [0.2, 0.25) is 5.02 Å². The highest BCUT2D eigenvalue weighted by Crippen LogP contribution is 2.27. The Bertz CT molecular complexity index is 546. The number of benzene rings is 1. The van der Waals surface area contributed by atoms with Crippen LogP contribution in [0.5, 0.6) is 5.75 Å². The summed E-state index contributed by atoms with van der Waals surface area (Å²) in [5, 5.41) is 3.85. The predicted molar refractivity (Wildman–Crippen MR) is 74.0 cm³/mol. The van der Waals surface area contributed by atoms with Gasteiger partial charge in [-0.3, -0.25) is 0 Å². The normalized spacial score (nSPS) is 10.1. The molecule has 94 valence electrons. The molecule has 3 N–H and O–H groups in total. The third-order valence-electron chi connectivity index (χ3n) is 2.59. The van der Waals surface area contributed by atoms with Crippen LogP contribution in [0.3, 0.4) is 0 Å². The van der Waals surface area contributed by atoms with Gasteiger partial charge in [0.05, 0.1) is 12.8 Å². The first-order chi connectivity index (χ1) is 8.72. The van der Waals surface area contributed by atoms with Crippen molar-refractivity contribution in [3.63, 3.8) is 0 Å². The van der Waals surface area contributed by atoms with Gasteiger partial charge in [-0.25, -0.2) is 4.98 Å². The molecule has 1 heterocycles. The summed E-state index contributed by atoms with van der Waals surface area (Å²) in [6.07, 6.45) is 1.65. The van der Waals surface area contributed by atoms with E-state index in [1.165, 1.54) is 0 Å². The van der Waals surface area contributed by atoms with Gasteiger partial charge in [-0.2, -0.15) is 0 Å². The number of pyridine rings is 1. The highest BCUT2D eigenvalue weighted by atomic mass is 35.5. The topological polar surface area (TPSA) is 60.2 Å². The van der Waals surface area contributed by atoms with E-state index in [1.807, 2.05) is 30.3 Å². The summed E-state index contributed by atoms with van der Waals surface area (Å²) < 4.78 is 5.27. The van der Waals surface area contributed by atoms with Crippen LogP contribution in [-0.4, -0.2) is 12.1 Å². The molecule has 18 heavy (non-hydrogen) atoms. The molecule has 2 aromatic rings. The molecule has 0 aliphatic heterocycles. The third kappa shape index (κ3) is 2.65. The first-order valence-electron chi connectivity index (χ1n) is 5.48. The van der Waals surface area contributed by atoms with E-state index in [1.54, 1.807) is 13.3 Å². The average Bonchev–Trinajstić information content (AvgIpc) is 2.39. The number of nitrogens with one attached hydrogen (secondary N) is 1. The summed E-state index contributed by atoms with van der Waals surface area (Å²) in [7, 11) is 1.62. The molecule has 4 nitrogen and oxygen atoms in total. The second kappa shape index (κ2) is 5.60. The van der Waals surface area contributed by atoms with Crippen LogP contribution >= 0.6 is 11.6 Å². The van der Waals surface area contributed by atoms with Crippen LogP contribution in [-0.2, 0) is 6.54 Å². The van der Waals surface area contributed by atoms with Crippen molar-refractivity contribution in [2.24, 2.45) is 0 Å². The minimum absolute atomic E-state index is 0.462. The number of aromatic nitrogens is 1. The van der Waals surface area contributed by atoms with Gasteiger partial charge >= 0.3 is 0 Å². The maximum Gasteiger partial charge on any atom is 0.146 e. The summed E-state index contributed by atoms with van der Waals surface area (Å²) in [5.41, 5.74) is 7.43. The molecule has 0 atom stereocenters. The zero-order valence-corrected chi connectivity index (χ0v) is 10.7. The van der Waals surface area contributed by atoms with Gasteiger partial charge in [-0.15, -0.1) is 0 Å². The fourth-order valence-corrected chi connectivity index (χ4v) is 1.88. The van der Waals surface area contributed by atoms with E-state index < -0.39 is 0 Å². The summed E-state index contributed by atoms with van der Waals surface area (Å²) in [6, 6.07) is 9.24. The molecular weight excluding hydrogens is 250 g/mol. The minimum Gasteiger partial charge on any atom is -0.496 e. The van der Waals surface area contributed by atoms with Crippen LogP contribution in [0, 0.1) is 0 Å². The van der Waals surface area contributed by atoms with Crippen LogP contribution in [0.15, 0.2) is 36.5 Å². The van der Waals surface area contributed by atoms with Crippen LogP contribution < -0.4 is 15.8 Å². The largest absolute Gasteiger partial charge is 0.496 e. The van der Waals surface area contributed by atoms with E-state index in [0.29, 0.717) is 17.4 Å². The number of nitrogens with two attached hydrogens (primary N) is 1. The van der Waals surface area contributed by atoms with Crippen molar-refractivity contribution in [3.8, 4) is 5.75 Å². The number of nitrogens with zero attached hydrogens (tertiary/aromatic N) is 1. The number of hydrogen-bond acceptors (Lipinski definition) is 4. The van der Waals surface area contributed by atoms with E-state index in [4.69, 9.17) is 22.1 Å². The molecule has 0 fully saturated rings. The Balaban J connectivity index is 2.18. The highest BCUT2D eigenvalue weighted by Gasteiger charge is 2.08. The maximum absolute atomic E-state index is 6.15. The van der Waals surface area contributed by atoms with Crippen molar-refractivity contribution in [2.75, 3.05) is 18.2 Å². The molecule has 0 spiro atoms. The number of halogens is 1. The second-order valence-corrected chi connectivity index (χ2v) is 4.12. The zero-order valence-electron chi connectivity index (χ0n) is 9.98. The maximum atomic E-state index is 6.15. The van der Waals surface area contributed by atoms with Gasteiger partial charge in [-0.1, -0.05) is 17.7 Å². The molecule has 0 bridgehead atoms. The number of nitrogen functional groups attached to an aromatic ring is 1. The standard InChI is InChI=1S/C13H14ClN3O/c1-18-12-6-2-4-10(14)9(12)8-17-11-5-3-7-16-13(11)15/h2-7,17H,8H2,1H3,(H2,15,16). The van der Waals surface area contributed by atoms with Crippen molar-refractivity contribution in [3.05, 3.63) is 47.1 Å². The quantitative estimate of drug-likeness (QED) is 0.890. The van der Waals surface area contributed by atoms with Gasteiger partial charge in [0.15, 0.2) is 0 Å².